The van der Waals surface area contributed by atoms with Gasteiger partial charge in [-0.2, -0.15) is 15.2 Å². The van der Waals surface area contributed by atoms with Gasteiger partial charge >= 0.3 is 6.01 Å². The van der Waals surface area contributed by atoms with Gasteiger partial charge in [0.2, 0.25) is 0 Å². The van der Waals surface area contributed by atoms with Gasteiger partial charge in [-0.25, -0.2) is 0 Å². The van der Waals surface area contributed by atoms with Crippen LogP contribution in [0.1, 0.15) is 64.1 Å². The predicted octanol–water partition coefficient (Wildman–Crippen LogP) is 3.35. The molecule has 0 radical (unpaired) electrons. The highest BCUT2D eigenvalue weighted by atomic mass is 16.5. The smallest absolute Gasteiger partial charge is 0.319 e. The summed E-state index contributed by atoms with van der Waals surface area (Å²) in [6.07, 6.45) is 6.07. The summed E-state index contributed by atoms with van der Waals surface area (Å²) in [6, 6.07) is 2.52. The average Bonchev–Trinajstić information content (AvgIpc) is 3.10. The van der Waals surface area contributed by atoms with E-state index in [0.29, 0.717) is 35.2 Å². The van der Waals surface area contributed by atoms with Crippen LogP contribution in [0.3, 0.4) is 0 Å². The van der Waals surface area contributed by atoms with Gasteiger partial charge in [0, 0.05) is 5.56 Å². The van der Waals surface area contributed by atoms with E-state index in [1.165, 1.54) is 0 Å². The summed E-state index contributed by atoms with van der Waals surface area (Å²) in [5, 5.41) is 16.4. The van der Waals surface area contributed by atoms with Gasteiger partial charge in [-0.15, -0.1) is 0 Å². The molecule has 9 nitrogen and oxygen atoms in total. The second kappa shape index (κ2) is 14.2. The number of H-pyrrole nitrogens is 1. The largest absolute Gasteiger partial charge is 0.483 e. The molecule has 0 amide bonds. The van der Waals surface area contributed by atoms with E-state index in [2.05, 4.69) is 46.7 Å². The van der Waals surface area contributed by atoms with Crippen molar-refractivity contribution in [2.45, 2.75) is 59.3 Å². The first kappa shape index (κ1) is 25.2. The van der Waals surface area contributed by atoms with E-state index in [4.69, 9.17) is 20.4 Å². The number of anilines is 1. The lowest BCUT2D eigenvalue weighted by Gasteiger charge is -2.17. The number of aryl methyl sites for hydroxylation is 1. The maximum absolute atomic E-state index is 9.48. The number of nitriles is 1. The molecule has 0 saturated carbocycles. The lowest BCUT2D eigenvalue weighted by atomic mass is 10.1. The van der Waals surface area contributed by atoms with Crippen molar-refractivity contribution >= 4 is 23.3 Å². The van der Waals surface area contributed by atoms with Gasteiger partial charge in [-0.1, -0.05) is 33.6 Å². The van der Waals surface area contributed by atoms with Gasteiger partial charge < -0.3 is 25.5 Å². The minimum atomic E-state index is -0.250. The Bertz CT molecular complexity index is 811. The molecule has 0 bridgehead atoms. The van der Waals surface area contributed by atoms with Gasteiger partial charge in [0.15, 0.2) is 5.82 Å². The standard InChI is InChI=1S/C20H32N6O.CH2O2/c1-4-7-13-27-20-24-17-15(11-9-8-10-12-26(5-2)6-3)16(14-21)23-18(17)19(22)25-20;2-1-3/h23H,4-13H2,1-3H3,(H2,22,24,25);1H,(H,2,3). The number of nitrogen functional groups attached to an aromatic ring is 1. The van der Waals surface area contributed by atoms with Gasteiger partial charge in [0.05, 0.1) is 6.61 Å². The summed E-state index contributed by atoms with van der Waals surface area (Å²) in [5.74, 6) is 0.329. The molecule has 4 N–H and O–H groups in total. The van der Waals surface area contributed by atoms with Crippen molar-refractivity contribution < 1.29 is 14.6 Å². The number of carboxylic acid groups (broad SMARTS) is 1. The molecule has 0 atom stereocenters. The third kappa shape index (κ3) is 7.52. The van der Waals surface area contributed by atoms with Gasteiger partial charge in [0.25, 0.3) is 6.47 Å². The molecular weight excluding hydrogens is 384 g/mol. The van der Waals surface area contributed by atoms with Gasteiger partial charge in [-0.3, -0.25) is 4.79 Å². The number of aromatic amines is 1. The van der Waals surface area contributed by atoms with Crippen LogP contribution in [0.25, 0.3) is 11.0 Å². The van der Waals surface area contributed by atoms with Crippen LogP contribution in [0.4, 0.5) is 5.82 Å². The topological polar surface area (TPSA) is 141 Å². The number of hydrogen-bond donors (Lipinski definition) is 3. The first-order chi connectivity index (χ1) is 14.6. The molecule has 0 aliphatic heterocycles. The minimum absolute atomic E-state index is 0.250. The molecule has 0 unspecified atom stereocenters. The van der Waals surface area contributed by atoms with Crippen molar-refractivity contribution in [1.29, 1.82) is 5.26 Å². The average molecular weight is 419 g/mol. The Labute approximate surface area is 178 Å². The fourth-order valence-electron chi connectivity index (χ4n) is 3.18. The third-order valence-electron chi connectivity index (χ3n) is 4.89. The van der Waals surface area contributed by atoms with Crippen molar-refractivity contribution in [1.82, 2.24) is 19.9 Å². The predicted molar refractivity (Wildman–Crippen MR) is 117 cm³/mol. The fraction of sp³-hybridized carbons (Fsp3) is 0.619. The molecule has 0 saturated heterocycles. The number of hydrogen-bond acceptors (Lipinski definition) is 7. The maximum Gasteiger partial charge on any atom is 0.319 e. The Hall–Kier alpha value is -2.86. The molecule has 0 aliphatic rings. The van der Waals surface area contributed by atoms with Crippen LogP contribution in [0.2, 0.25) is 0 Å². The highest BCUT2D eigenvalue weighted by Crippen LogP contribution is 2.27. The number of rotatable bonds is 12. The number of carbonyl (C=O) groups is 1. The van der Waals surface area contributed by atoms with Crippen LogP contribution in [0, 0.1) is 11.3 Å². The Morgan fingerprint density at radius 3 is 2.50 bits per heavy atom. The summed E-state index contributed by atoms with van der Waals surface area (Å²) in [7, 11) is 0. The first-order valence-electron chi connectivity index (χ1n) is 10.6. The van der Waals surface area contributed by atoms with Crippen molar-refractivity contribution in [2.24, 2.45) is 0 Å². The number of nitrogens with zero attached hydrogens (tertiary/aromatic N) is 4. The summed E-state index contributed by atoms with van der Waals surface area (Å²) in [6.45, 7) is 10.1. The third-order valence-corrected chi connectivity index (χ3v) is 4.89. The highest BCUT2D eigenvalue weighted by Gasteiger charge is 2.17. The number of nitrogens with one attached hydrogen (secondary N) is 1. The fourth-order valence-corrected chi connectivity index (χ4v) is 3.18. The lowest BCUT2D eigenvalue weighted by molar-refractivity contribution is -0.122. The Morgan fingerprint density at radius 2 is 1.90 bits per heavy atom. The molecule has 9 heteroatoms. The van der Waals surface area contributed by atoms with Crippen LogP contribution in [-0.2, 0) is 11.2 Å². The van der Waals surface area contributed by atoms with Crippen molar-refractivity contribution in [3.05, 3.63) is 11.3 Å². The maximum atomic E-state index is 9.48. The number of nitrogens with two attached hydrogens (primary N) is 1. The van der Waals surface area contributed by atoms with E-state index < -0.39 is 0 Å². The molecule has 2 heterocycles. The zero-order chi connectivity index (χ0) is 22.4. The molecule has 2 rings (SSSR count). The monoisotopic (exact) mass is 418 g/mol. The Kier molecular flexibility index (Phi) is 11.9. The van der Waals surface area contributed by atoms with E-state index in [-0.39, 0.29) is 6.47 Å². The van der Waals surface area contributed by atoms with Gasteiger partial charge in [0.1, 0.15) is 22.8 Å². The quantitative estimate of drug-likeness (QED) is 0.352. The minimum Gasteiger partial charge on any atom is -0.483 e. The number of fused-ring (bicyclic) bond motifs is 1. The Morgan fingerprint density at radius 1 is 1.20 bits per heavy atom. The number of unbranched alkanes of at least 4 members (excludes halogenated alkanes) is 3. The zero-order valence-electron chi connectivity index (χ0n) is 18.3. The normalized spacial score (nSPS) is 10.5. The number of aromatic nitrogens is 3. The van der Waals surface area contributed by atoms with Crippen molar-refractivity contribution in [3.63, 3.8) is 0 Å². The lowest BCUT2D eigenvalue weighted by Crippen LogP contribution is -2.23. The second-order valence-corrected chi connectivity index (χ2v) is 6.85. The SMILES string of the molecule is CCCCOc1nc(N)c2[nH]c(C#N)c(CCCCCN(CC)CC)c2n1.O=CO. The summed E-state index contributed by atoms with van der Waals surface area (Å²) >= 11 is 0. The van der Waals surface area contributed by atoms with E-state index in [1.54, 1.807) is 0 Å². The second-order valence-electron chi connectivity index (χ2n) is 6.85. The molecule has 166 valence electrons. The van der Waals surface area contributed by atoms with E-state index in [9.17, 15) is 5.26 Å². The van der Waals surface area contributed by atoms with Crippen LogP contribution in [-0.4, -0.2) is 57.7 Å². The Balaban J connectivity index is 0.00000141. The van der Waals surface area contributed by atoms with Crippen molar-refractivity contribution in [3.8, 4) is 12.1 Å². The number of ether oxygens (including phenoxy) is 1. The summed E-state index contributed by atoms with van der Waals surface area (Å²) < 4.78 is 5.62. The molecule has 0 spiro atoms. The molecule has 0 aromatic carbocycles. The molecule has 30 heavy (non-hydrogen) atoms. The molecule has 2 aromatic rings. The zero-order valence-corrected chi connectivity index (χ0v) is 18.3. The summed E-state index contributed by atoms with van der Waals surface area (Å²) in [4.78, 5) is 22.6. The molecule has 2 aromatic heterocycles. The molecule has 0 fully saturated rings. The molecular formula is C21H34N6O3. The van der Waals surface area contributed by atoms with Gasteiger partial charge in [-0.05, 0) is 45.3 Å². The highest BCUT2D eigenvalue weighted by molar-refractivity contribution is 5.89. The van der Waals surface area contributed by atoms with Crippen LogP contribution in [0.15, 0.2) is 0 Å². The van der Waals surface area contributed by atoms with Crippen LogP contribution in [0.5, 0.6) is 6.01 Å². The molecule has 0 aliphatic carbocycles. The summed E-state index contributed by atoms with van der Waals surface area (Å²) in [5.41, 5.74) is 8.86. The van der Waals surface area contributed by atoms with E-state index >= 15 is 0 Å². The van der Waals surface area contributed by atoms with E-state index in [0.717, 1.165) is 63.7 Å². The van der Waals surface area contributed by atoms with Crippen LogP contribution < -0.4 is 10.5 Å². The van der Waals surface area contributed by atoms with E-state index in [1.807, 2.05) is 0 Å². The van der Waals surface area contributed by atoms with Crippen LogP contribution >= 0.6 is 0 Å². The first-order valence-corrected chi connectivity index (χ1v) is 10.6. The van der Waals surface area contributed by atoms with Crippen molar-refractivity contribution in [2.75, 3.05) is 32.0 Å².